The number of rotatable bonds is 2. The van der Waals surface area contributed by atoms with Gasteiger partial charge < -0.3 is 20.2 Å². The maximum atomic E-state index is 11.9. The standard InChI is InChI=1S/C18H10Br2N4O8S2/c19-9-11-15(31-13-7(23-11)3-1-5(21)17(13)33(25,26)27)10(20)12-16(9)32-14-8(24-12)4-2-6(22)18(14)34(28,29)30/h1-4,21,24H,22H2,(H,25,26,27)(H,28,29,30). The summed E-state index contributed by atoms with van der Waals surface area (Å²) in [6, 6.07) is 5.17. The molecule has 6 N–H and O–H groups in total. The van der Waals surface area contributed by atoms with Crippen LogP contribution in [0.4, 0.5) is 17.1 Å². The van der Waals surface area contributed by atoms with Gasteiger partial charge in [0.1, 0.15) is 16.9 Å². The van der Waals surface area contributed by atoms with Gasteiger partial charge in [-0.3, -0.25) is 14.5 Å². The van der Waals surface area contributed by atoms with Crippen LogP contribution in [0.5, 0.6) is 11.5 Å². The number of benzene rings is 3. The van der Waals surface area contributed by atoms with E-state index in [9.17, 15) is 25.9 Å². The van der Waals surface area contributed by atoms with Crippen molar-refractivity contribution in [1.29, 1.82) is 5.41 Å². The first-order valence-corrected chi connectivity index (χ1v) is 13.4. The van der Waals surface area contributed by atoms with Crippen molar-refractivity contribution in [1.82, 2.24) is 4.98 Å². The molecule has 2 aliphatic heterocycles. The number of hydrogen-bond acceptors (Lipinski definition) is 10. The van der Waals surface area contributed by atoms with Crippen LogP contribution in [0.25, 0.3) is 22.6 Å². The fraction of sp³-hybridized carbons (Fsp3) is 0. The zero-order chi connectivity index (χ0) is 24.7. The topological polar surface area (TPSA) is 206 Å². The first-order chi connectivity index (χ1) is 15.8. The van der Waals surface area contributed by atoms with Gasteiger partial charge >= 0.3 is 0 Å². The molecule has 12 nitrogen and oxygen atoms in total. The van der Waals surface area contributed by atoms with Crippen molar-refractivity contribution >= 4 is 80.3 Å². The van der Waals surface area contributed by atoms with E-state index in [0.717, 1.165) is 6.07 Å². The summed E-state index contributed by atoms with van der Waals surface area (Å²) in [6.45, 7) is 0. The van der Waals surface area contributed by atoms with E-state index >= 15 is 0 Å². The second kappa shape index (κ2) is 7.37. The van der Waals surface area contributed by atoms with Gasteiger partial charge in [-0.1, -0.05) is 0 Å². The molecular formula is C18H10Br2N4O8S2. The molecule has 1 aliphatic carbocycles. The Morgan fingerprint density at radius 1 is 0.971 bits per heavy atom. The molecule has 3 aliphatic rings. The molecule has 0 radical (unpaired) electrons. The Bertz CT molecular complexity index is 1820. The molecule has 2 aromatic carbocycles. The van der Waals surface area contributed by atoms with Crippen molar-refractivity contribution in [3.05, 3.63) is 38.6 Å². The van der Waals surface area contributed by atoms with Crippen molar-refractivity contribution in [2.24, 2.45) is 0 Å². The van der Waals surface area contributed by atoms with E-state index in [4.69, 9.17) is 20.3 Å². The highest BCUT2D eigenvalue weighted by Gasteiger charge is 2.33. The number of aromatic nitrogens is 1. The third kappa shape index (κ3) is 3.37. The maximum Gasteiger partial charge on any atom is 0.300 e. The van der Waals surface area contributed by atoms with Gasteiger partial charge in [0.2, 0.25) is 0 Å². The highest BCUT2D eigenvalue weighted by molar-refractivity contribution is 9.11. The number of nitrogens with one attached hydrogen (secondary N) is 2. The maximum absolute atomic E-state index is 11.9. The Labute approximate surface area is 207 Å². The third-order valence-electron chi connectivity index (χ3n) is 4.92. The summed E-state index contributed by atoms with van der Waals surface area (Å²) in [5, 5.41) is 10.3. The number of nitrogens with two attached hydrogens (primary N) is 1. The summed E-state index contributed by atoms with van der Waals surface area (Å²) in [6.07, 6.45) is 0. The van der Waals surface area contributed by atoms with E-state index in [0.29, 0.717) is 0 Å². The van der Waals surface area contributed by atoms with Gasteiger partial charge in [-0.15, -0.1) is 0 Å². The first-order valence-electron chi connectivity index (χ1n) is 8.94. The number of anilines is 3. The van der Waals surface area contributed by atoms with Crippen molar-refractivity contribution in [3.8, 4) is 23.0 Å². The van der Waals surface area contributed by atoms with Gasteiger partial charge in [0, 0.05) is 0 Å². The molecule has 0 saturated carbocycles. The van der Waals surface area contributed by atoms with Crippen LogP contribution in [0.2, 0.25) is 0 Å². The number of nitrogen functional groups attached to an aromatic ring is 1. The normalized spacial score (nSPS) is 13.3. The summed E-state index contributed by atoms with van der Waals surface area (Å²) in [5.74, 6) is -0.516. The van der Waals surface area contributed by atoms with Crippen molar-refractivity contribution in [2.75, 3.05) is 11.1 Å². The van der Waals surface area contributed by atoms with E-state index in [2.05, 4.69) is 42.2 Å². The monoisotopic (exact) mass is 632 g/mol. The Morgan fingerprint density at radius 3 is 2.29 bits per heavy atom. The summed E-state index contributed by atoms with van der Waals surface area (Å²) in [7, 11) is -9.56. The third-order valence-corrected chi connectivity index (χ3v) is 8.27. The smallest absolute Gasteiger partial charge is 0.300 e. The molecule has 34 heavy (non-hydrogen) atoms. The number of halogens is 2. The molecule has 0 spiro atoms. The molecule has 0 aromatic heterocycles. The Balaban J connectivity index is 1.85. The van der Waals surface area contributed by atoms with Crippen molar-refractivity contribution in [2.45, 2.75) is 9.79 Å². The van der Waals surface area contributed by atoms with Gasteiger partial charge in [0.15, 0.2) is 32.6 Å². The lowest BCUT2D eigenvalue weighted by Crippen LogP contribution is -2.16. The van der Waals surface area contributed by atoms with Crippen LogP contribution in [-0.4, -0.2) is 30.9 Å². The zero-order valence-electron chi connectivity index (χ0n) is 16.3. The number of nitrogens with zero attached hydrogens (tertiary/aromatic N) is 1. The van der Waals surface area contributed by atoms with Crippen molar-refractivity contribution in [3.63, 3.8) is 0 Å². The van der Waals surface area contributed by atoms with Gasteiger partial charge in [-0.2, -0.15) is 16.8 Å². The molecule has 5 rings (SSSR count). The van der Waals surface area contributed by atoms with Crippen LogP contribution >= 0.6 is 31.9 Å². The molecular weight excluding hydrogens is 624 g/mol. The predicted molar refractivity (Wildman–Crippen MR) is 126 cm³/mol. The molecule has 0 saturated heterocycles. The van der Waals surface area contributed by atoms with Crippen LogP contribution in [0.1, 0.15) is 0 Å². The van der Waals surface area contributed by atoms with E-state index < -0.39 is 35.4 Å². The molecule has 0 fully saturated rings. The second-order valence-corrected chi connectivity index (χ2v) is 11.4. The van der Waals surface area contributed by atoms with Crippen LogP contribution < -0.4 is 21.1 Å². The molecule has 0 atom stereocenters. The molecule has 2 heterocycles. The first kappa shape index (κ1) is 23.0. The largest absolute Gasteiger partial charge is 0.450 e. The lowest BCUT2D eigenvalue weighted by Gasteiger charge is -2.26. The quantitative estimate of drug-likeness (QED) is 0.107. The van der Waals surface area contributed by atoms with Gasteiger partial charge in [0.05, 0.1) is 25.7 Å². The van der Waals surface area contributed by atoms with E-state index in [1.807, 2.05) is 0 Å². The number of fused-ring (bicyclic) bond motifs is 4. The Kier molecular flexibility index (Phi) is 4.98. The fourth-order valence-corrected chi connectivity index (χ4v) is 6.11. The Morgan fingerprint density at radius 2 is 1.65 bits per heavy atom. The predicted octanol–water partition coefficient (Wildman–Crippen LogP) is 3.86. The van der Waals surface area contributed by atoms with Gasteiger partial charge in [0.25, 0.3) is 20.2 Å². The van der Waals surface area contributed by atoms with Crippen molar-refractivity contribution < 1.29 is 35.1 Å². The van der Waals surface area contributed by atoms with E-state index in [1.54, 1.807) is 0 Å². The second-order valence-electron chi connectivity index (χ2n) is 7.05. The molecule has 0 amide bonds. The summed E-state index contributed by atoms with van der Waals surface area (Å²) in [5.41, 5.74) is 6.10. The average Bonchev–Trinajstić information content (AvgIpc) is 2.73. The minimum absolute atomic E-state index is 0.00992. The van der Waals surface area contributed by atoms with E-state index in [-0.39, 0.29) is 60.1 Å². The minimum Gasteiger partial charge on any atom is -0.450 e. The van der Waals surface area contributed by atoms with Gasteiger partial charge in [-0.25, -0.2) is 4.98 Å². The van der Waals surface area contributed by atoms with Crippen LogP contribution in [0.3, 0.4) is 0 Å². The SMILES string of the molecule is N=c1ccc2nc3c(Br)c4c(c(Br)c3oc-2c1S(=O)(=O)O)Nc1ccc(N)c(S(=O)(=O)O)c1O4. The zero-order valence-corrected chi connectivity index (χ0v) is 21.1. The lowest BCUT2D eigenvalue weighted by molar-refractivity contribution is 0.447. The van der Waals surface area contributed by atoms with Crippen LogP contribution in [0, 0.1) is 5.41 Å². The van der Waals surface area contributed by atoms with E-state index in [1.165, 1.54) is 18.2 Å². The molecule has 16 heteroatoms. The highest BCUT2D eigenvalue weighted by atomic mass is 79.9. The minimum atomic E-state index is -4.81. The number of ether oxygens (including phenoxy) is 1. The highest BCUT2D eigenvalue weighted by Crippen LogP contribution is 2.55. The average molecular weight is 634 g/mol. The molecule has 176 valence electrons. The van der Waals surface area contributed by atoms with Gasteiger partial charge in [-0.05, 0) is 56.1 Å². The molecule has 2 aromatic rings. The lowest BCUT2D eigenvalue weighted by atomic mass is 10.1. The summed E-state index contributed by atoms with van der Waals surface area (Å²) >= 11 is 6.71. The number of hydrogen-bond donors (Lipinski definition) is 5. The summed E-state index contributed by atoms with van der Waals surface area (Å²) < 4.78 is 78.9. The Hall–Kier alpha value is -2.76. The molecule has 0 bridgehead atoms. The van der Waals surface area contributed by atoms with Crippen LogP contribution in [-0.2, 0) is 20.2 Å². The fourth-order valence-electron chi connectivity index (χ4n) is 3.53. The molecule has 0 unspecified atom stereocenters. The summed E-state index contributed by atoms with van der Waals surface area (Å²) in [4.78, 5) is 3.01. The van der Waals surface area contributed by atoms with Crippen LogP contribution in [0.15, 0.2) is 47.4 Å².